The zero-order valence-electron chi connectivity index (χ0n) is 15.5. The highest BCUT2D eigenvalue weighted by molar-refractivity contribution is 7.89. The van der Waals surface area contributed by atoms with Crippen LogP contribution in [0.4, 0.5) is 4.39 Å². The molecule has 2 atom stereocenters. The van der Waals surface area contributed by atoms with Gasteiger partial charge >= 0.3 is 0 Å². The number of hydrogen-bond donors (Lipinski definition) is 2. The molecule has 0 saturated carbocycles. The number of carbonyl (C=O) groups excluding carboxylic acids is 1. The summed E-state index contributed by atoms with van der Waals surface area (Å²) in [6.07, 6.45) is 1.64. The second-order valence-electron chi connectivity index (χ2n) is 6.76. The van der Waals surface area contributed by atoms with Gasteiger partial charge in [0.2, 0.25) is 10.0 Å². The molecule has 1 amide bonds. The Morgan fingerprint density at radius 1 is 1.25 bits per heavy atom. The molecule has 0 spiro atoms. The number of hydrogen-bond acceptors (Lipinski definition) is 4. The lowest BCUT2D eigenvalue weighted by molar-refractivity contribution is 0.0939. The summed E-state index contributed by atoms with van der Waals surface area (Å²) in [7, 11) is -3.74. The molecule has 2 N–H and O–H groups in total. The highest BCUT2D eigenvalue weighted by Gasteiger charge is 2.21. The molecule has 1 aliphatic rings. The smallest absolute Gasteiger partial charge is 0.251 e. The minimum atomic E-state index is -3.74. The molecule has 28 heavy (non-hydrogen) atoms. The molecule has 0 radical (unpaired) electrons. The van der Waals surface area contributed by atoms with E-state index in [1.807, 2.05) is 0 Å². The van der Waals surface area contributed by atoms with Crippen molar-refractivity contribution >= 4 is 15.9 Å². The van der Waals surface area contributed by atoms with Gasteiger partial charge in [0.15, 0.2) is 0 Å². The number of ether oxygens (including phenoxy) is 1. The summed E-state index contributed by atoms with van der Waals surface area (Å²) in [5.74, 6) is -0.760. The Labute approximate surface area is 164 Å². The third-order valence-corrected chi connectivity index (χ3v) is 6.07. The van der Waals surface area contributed by atoms with Gasteiger partial charge in [-0.15, -0.1) is 0 Å². The summed E-state index contributed by atoms with van der Waals surface area (Å²) < 4.78 is 46.0. The van der Waals surface area contributed by atoms with Gasteiger partial charge in [0, 0.05) is 18.7 Å². The summed E-state index contributed by atoms with van der Waals surface area (Å²) in [6.45, 7) is 2.63. The average molecular weight is 406 g/mol. The van der Waals surface area contributed by atoms with Crippen LogP contribution in [0.2, 0.25) is 0 Å². The van der Waals surface area contributed by atoms with Crippen LogP contribution >= 0.6 is 0 Å². The quantitative estimate of drug-likeness (QED) is 0.741. The lowest BCUT2D eigenvalue weighted by Crippen LogP contribution is -2.32. The van der Waals surface area contributed by atoms with Crippen LogP contribution in [0.1, 0.15) is 41.7 Å². The van der Waals surface area contributed by atoms with Crippen LogP contribution in [-0.4, -0.2) is 33.6 Å². The Morgan fingerprint density at radius 3 is 2.68 bits per heavy atom. The molecule has 1 fully saturated rings. The zero-order chi connectivity index (χ0) is 20.1. The third-order valence-electron chi connectivity index (χ3n) is 4.65. The number of benzene rings is 2. The van der Waals surface area contributed by atoms with Crippen LogP contribution in [0.15, 0.2) is 53.4 Å². The first-order chi connectivity index (χ1) is 13.3. The van der Waals surface area contributed by atoms with Gasteiger partial charge in [-0.2, -0.15) is 0 Å². The van der Waals surface area contributed by atoms with Gasteiger partial charge in [0.1, 0.15) is 5.82 Å². The summed E-state index contributed by atoms with van der Waals surface area (Å²) in [4.78, 5) is 12.5. The van der Waals surface area contributed by atoms with Crippen LogP contribution in [0.5, 0.6) is 0 Å². The Bertz CT molecular complexity index is 925. The molecule has 0 aliphatic carbocycles. The first-order valence-corrected chi connectivity index (χ1v) is 10.6. The van der Waals surface area contributed by atoms with E-state index in [0.29, 0.717) is 6.61 Å². The Balaban J connectivity index is 1.67. The van der Waals surface area contributed by atoms with Gasteiger partial charge in [-0.25, -0.2) is 17.5 Å². The normalized spacial score (nSPS) is 18.0. The SMILES string of the molecule is CC(NC(=O)c1cccc(S(=O)(=O)NCC2CCCO2)c1)c1ccc(F)cc1. The minimum Gasteiger partial charge on any atom is -0.377 e. The van der Waals surface area contributed by atoms with Crippen LogP contribution in [0, 0.1) is 5.82 Å². The van der Waals surface area contributed by atoms with Crippen molar-refractivity contribution in [2.45, 2.75) is 36.8 Å². The number of amides is 1. The van der Waals surface area contributed by atoms with E-state index in [9.17, 15) is 17.6 Å². The second-order valence-corrected chi connectivity index (χ2v) is 8.53. The van der Waals surface area contributed by atoms with Crippen LogP contribution in [-0.2, 0) is 14.8 Å². The molecule has 0 bridgehead atoms. The molecule has 150 valence electrons. The van der Waals surface area contributed by atoms with Gasteiger partial charge in [0.05, 0.1) is 17.0 Å². The number of halogens is 1. The Kier molecular flexibility index (Phi) is 6.43. The molecule has 8 heteroatoms. The van der Waals surface area contributed by atoms with E-state index in [4.69, 9.17) is 4.74 Å². The van der Waals surface area contributed by atoms with Crippen LogP contribution in [0.3, 0.4) is 0 Å². The fraction of sp³-hybridized carbons (Fsp3) is 0.350. The molecule has 2 unspecified atom stereocenters. The van der Waals surface area contributed by atoms with Gasteiger partial charge in [-0.1, -0.05) is 18.2 Å². The van der Waals surface area contributed by atoms with Crippen molar-refractivity contribution in [3.63, 3.8) is 0 Å². The topological polar surface area (TPSA) is 84.5 Å². The zero-order valence-corrected chi connectivity index (χ0v) is 16.3. The van der Waals surface area contributed by atoms with Crippen LogP contribution < -0.4 is 10.0 Å². The van der Waals surface area contributed by atoms with Crippen molar-refractivity contribution in [3.8, 4) is 0 Å². The molecular formula is C20H23FN2O4S. The maximum absolute atomic E-state index is 13.0. The lowest BCUT2D eigenvalue weighted by Gasteiger charge is -2.15. The van der Waals surface area contributed by atoms with Gasteiger partial charge in [-0.3, -0.25) is 4.79 Å². The van der Waals surface area contributed by atoms with Crippen molar-refractivity contribution in [2.75, 3.05) is 13.2 Å². The molecule has 0 aromatic heterocycles. The fourth-order valence-corrected chi connectivity index (χ4v) is 4.12. The van der Waals surface area contributed by atoms with E-state index in [0.717, 1.165) is 18.4 Å². The van der Waals surface area contributed by atoms with Crippen molar-refractivity contribution in [1.29, 1.82) is 0 Å². The van der Waals surface area contributed by atoms with Gasteiger partial charge < -0.3 is 10.1 Å². The van der Waals surface area contributed by atoms with E-state index < -0.39 is 15.9 Å². The van der Waals surface area contributed by atoms with Crippen molar-refractivity contribution in [1.82, 2.24) is 10.0 Å². The average Bonchev–Trinajstić information content (AvgIpc) is 3.21. The molecule has 1 saturated heterocycles. The van der Waals surface area contributed by atoms with Crippen molar-refractivity contribution in [3.05, 3.63) is 65.5 Å². The van der Waals surface area contributed by atoms with E-state index in [1.165, 1.54) is 30.3 Å². The third kappa shape index (κ3) is 5.15. The standard InChI is InChI=1S/C20H23FN2O4S/c1-14(15-7-9-17(21)10-8-15)23-20(24)16-4-2-6-19(12-16)28(25,26)22-13-18-5-3-11-27-18/h2,4,6-10,12,14,18,22H,3,5,11,13H2,1H3,(H,23,24). The number of carbonyl (C=O) groups is 1. The van der Waals surface area contributed by atoms with Gasteiger partial charge in [-0.05, 0) is 55.7 Å². The van der Waals surface area contributed by atoms with E-state index in [2.05, 4.69) is 10.0 Å². The first kappa shape index (κ1) is 20.4. The van der Waals surface area contributed by atoms with E-state index in [1.54, 1.807) is 25.1 Å². The molecule has 3 rings (SSSR count). The van der Waals surface area contributed by atoms with E-state index >= 15 is 0 Å². The monoisotopic (exact) mass is 406 g/mol. The molecule has 2 aromatic rings. The largest absolute Gasteiger partial charge is 0.377 e. The lowest BCUT2D eigenvalue weighted by atomic mass is 10.1. The van der Waals surface area contributed by atoms with E-state index in [-0.39, 0.29) is 35.0 Å². The summed E-state index contributed by atoms with van der Waals surface area (Å²) in [6, 6.07) is 11.3. The Morgan fingerprint density at radius 2 is 2.00 bits per heavy atom. The predicted octanol–water partition coefficient (Wildman–Crippen LogP) is 2.77. The summed E-state index contributed by atoms with van der Waals surface area (Å²) in [5.41, 5.74) is 0.978. The Hall–Kier alpha value is -2.29. The fourth-order valence-electron chi connectivity index (χ4n) is 3.01. The maximum atomic E-state index is 13.0. The van der Waals surface area contributed by atoms with Gasteiger partial charge in [0.25, 0.3) is 5.91 Å². The van der Waals surface area contributed by atoms with Crippen molar-refractivity contribution < 1.29 is 22.3 Å². The molecule has 6 nitrogen and oxygen atoms in total. The molecule has 2 aromatic carbocycles. The predicted molar refractivity (Wildman–Crippen MR) is 103 cm³/mol. The minimum absolute atomic E-state index is 0.0209. The van der Waals surface area contributed by atoms with Crippen LogP contribution in [0.25, 0.3) is 0 Å². The maximum Gasteiger partial charge on any atom is 0.251 e. The number of rotatable bonds is 7. The van der Waals surface area contributed by atoms with Crippen molar-refractivity contribution in [2.24, 2.45) is 0 Å². The number of sulfonamides is 1. The highest BCUT2D eigenvalue weighted by atomic mass is 32.2. The first-order valence-electron chi connectivity index (χ1n) is 9.13. The highest BCUT2D eigenvalue weighted by Crippen LogP contribution is 2.17. The molecule has 1 heterocycles. The second kappa shape index (κ2) is 8.81. The summed E-state index contributed by atoms with van der Waals surface area (Å²) >= 11 is 0. The summed E-state index contributed by atoms with van der Waals surface area (Å²) in [5, 5.41) is 2.79. The molecule has 1 aliphatic heterocycles. The molecular weight excluding hydrogens is 383 g/mol. The number of nitrogens with one attached hydrogen (secondary N) is 2.